The molecule has 0 aromatic heterocycles. The van der Waals surface area contributed by atoms with Gasteiger partial charge in [0.25, 0.3) is 0 Å². The molecule has 1 aliphatic rings. The summed E-state index contributed by atoms with van der Waals surface area (Å²) in [5, 5.41) is 2.71. The van der Waals surface area contributed by atoms with Gasteiger partial charge in [-0.25, -0.2) is 0 Å². The van der Waals surface area contributed by atoms with Gasteiger partial charge in [-0.3, -0.25) is 4.48 Å². The van der Waals surface area contributed by atoms with Crippen molar-refractivity contribution in [2.24, 2.45) is 0 Å². The van der Waals surface area contributed by atoms with E-state index in [0.717, 1.165) is 4.48 Å². The van der Waals surface area contributed by atoms with Crippen molar-refractivity contribution in [2.45, 2.75) is 13.8 Å². The normalized spacial score (nSPS) is 16.7. The molecule has 0 bridgehead atoms. The molecule has 18 heavy (non-hydrogen) atoms. The molecule has 0 saturated carbocycles. The van der Waals surface area contributed by atoms with Crippen LogP contribution in [-0.2, 0) is 0 Å². The van der Waals surface area contributed by atoms with E-state index in [0.29, 0.717) is 0 Å². The van der Waals surface area contributed by atoms with Gasteiger partial charge in [-0.2, -0.15) is 0 Å². The third kappa shape index (κ3) is 1.62. The van der Waals surface area contributed by atoms with Crippen molar-refractivity contribution in [3.8, 4) is 0 Å². The molecule has 3 rings (SSSR count). The first-order valence-corrected chi connectivity index (χ1v) is 6.08. The van der Waals surface area contributed by atoms with Crippen LogP contribution in [0.1, 0.15) is 19.4 Å². The second-order valence-corrected chi connectivity index (χ2v) is 5.34. The molecule has 2 aromatic rings. The second-order valence-electron chi connectivity index (χ2n) is 5.34. The summed E-state index contributed by atoms with van der Waals surface area (Å²) >= 11 is 0. The summed E-state index contributed by atoms with van der Waals surface area (Å²) in [6, 6.07) is 13.2. The van der Waals surface area contributed by atoms with Gasteiger partial charge >= 0.3 is 0 Å². The van der Waals surface area contributed by atoms with Crippen LogP contribution in [0.15, 0.2) is 42.1 Å². The lowest BCUT2D eigenvalue weighted by atomic mass is 9.99. The average molecular weight is 351 g/mol. The van der Waals surface area contributed by atoms with Crippen molar-refractivity contribution >= 4 is 22.0 Å². The molecule has 0 fully saturated rings. The third-order valence-corrected chi connectivity index (χ3v) is 4.27. The molecule has 0 spiro atoms. The Balaban J connectivity index is 0.00000120. The van der Waals surface area contributed by atoms with Crippen LogP contribution in [0.5, 0.6) is 0 Å². The SMILES string of the molecule is CC1=C(C)[N+](C)(C)c2ccc3ccccc3c21.[I-]. The second kappa shape index (κ2) is 4.35. The van der Waals surface area contributed by atoms with Crippen molar-refractivity contribution in [1.82, 2.24) is 4.48 Å². The zero-order valence-corrected chi connectivity index (χ0v) is 13.4. The fraction of sp³-hybridized carbons (Fsp3) is 0.250. The Morgan fingerprint density at radius 2 is 1.56 bits per heavy atom. The van der Waals surface area contributed by atoms with Crippen LogP contribution < -0.4 is 28.5 Å². The summed E-state index contributed by atoms with van der Waals surface area (Å²) in [6.07, 6.45) is 0. The number of hydrogen-bond acceptors (Lipinski definition) is 0. The van der Waals surface area contributed by atoms with E-state index in [2.05, 4.69) is 64.3 Å². The Morgan fingerprint density at radius 1 is 0.889 bits per heavy atom. The maximum Gasteiger partial charge on any atom is 0.145 e. The van der Waals surface area contributed by atoms with Gasteiger partial charge in [-0.15, -0.1) is 0 Å². The van der Waals surface area contributed by atoms with E-state index in [9.17, 15) is 0 Å². The maximum atomic E-state index is 2.28. The van der Waals surface area contributed by atoms with Crippen LogP contribution in [0, 0.1) is 0 Å². The summed E-state index contributed by atoms with van der Waals surface area (Å²) in [6.45, 7) is 4.48. The van der Waals surface area contributed by atoms with E-state index in [1.807, 2.05) is 0 Å². The molecule has 0 amide bonds. The van der Waals surface area contributed by atoms with Gasteiger partial charge < -0.3 is 24.0 Å². The Kier molecular flexibility index (Phi) is 3.28. The minimum Gasteiger partial charge on any atom is -1.00 e. The minimum absolute atomic E-state index is 0. The van der Waals surface area contributed by atoms with Gasteiger partial charge in [0, 0.05) is 18.6 Å². The molecule has 0 unspecified atom stereocenters. The van der Waals surface area contributed by atoms with E-state index in [4.69, 9.17) is 0 Å². The number of halogens is 1. The van der Waals surface area contributed by atoms with Crippen LogP contribution in [0.25, 0.3) is 16.3 Å². The number of rotatable bonds is 0. The van der Waals surface area contributed by atoms with Crippen molar-refractivity contribution in [3.63, 3.8) is 0 Å². The molecule has 1 aliphatic heterocycles. The summed E-state index contributed by atoms with van der Waals surface area (Å²) in [7, 11) is 4.53. The molecule has 0 N–H and O–H groups in total. The number of quaternary nitrogens is 1. The summed E-state index contributed by atoms with van der Waals surface area (Å²) in [5.41, 5.74) is 5.72. The van der Waals surface area contributed by atoms with Crippen LogP contribution in [0.2, 0.25) is 0 Å². The topological polar surface area (TPSA) is 0 Å². The lowest BCUT2D eigenvalue weighted by Crippen LogP contribution is -3.00. The van der Waals surface area contributed by atoms with Crippen LogP contribution >= 0.6 is 0 Å². The van der Waals surface area contributed by atoms with Gasteiger partial charge in [0.2, 0.25) is 0 Å². The fourth-order valence-corrected chi connectivity index (χ4v) is 2.90. The van der Waals surface area contributed by atoms with E-state index in [-0.39, 0.29) is 24.0 Å². The zero-order valence-electron chi connectivity index (χ0n) is 11.3. The Bertz CT molecular complexity index is 653. The number of nitrogens with zero attached hydrogens (tertiary/aromatic N) is 1. The van der Waals surface area contributed by atoms with Crippen molar-refractivity contribution in [1.29, 1.82) is 0 Å². The predicted molar refractivity (Wildman–Crippen MR) is 75.9 cm³/mol. The molecule has 1 heterocycles. The largest absolute Gasteiger partial charge is 1.00 e. The van der Waals surface area contributed by atoms with Gasteiger partial charge in [0.05, 0.1) is 19.7 Å². The standard InChI is InChI=1S/C16H18N.HI/c1-11-12(2)17(3,4)15-10-9-13-7-5-6-8-14(13)16(11)15;/h5-10H,1-4H3;1H/q+1;/p-1. The maximum absolute atomic E-state index is 2.28. The van der Waals surface area contributed by atoms with Gasteiger partial charge in [-0.05, 0) is 23.8 Å². The molecule has 2 heteroatoms. The Hall–Kier alpha value is -0.870. The smallest absolute Gasteiger partial charge is 0.145 e. The minimum atomic E-state index is 0. The number of hydrogen-bond donors (Lipinski definition) is 0. The van der Waals surface area contributed by atoms with Gasteiger partial charge in [-0.1, -0.05) is 24.3 Å². The van der Waals surface area contributed by atoms with Gasteiger partial charge in [0.1, 0.15) is 11.4 Å². The summed E-state index contributed by atoms with van der Waals surface area (Å²) < 4.78 is 0.881. The molecular formula is C16H18IN. The molecule has 0 atom stereocenters. The molecular weight excluding hydrogens is 333 g/mol. The molecule has 0 saturated heterocycles. The molecule has 0 aliphatic carbocycles. The quantitative estimate of drug-likeness (QED) is 0.494. The first-order chi connectivity index (χ1) is 8.03. The Morgan fingerprint density at radius 3 is 2.28 bits per heavy atom. The van der Waals surface area contributed by atoms with E-state index in [1.165, 1.54) is 33.3 Å². The summed E-state index contributed by atoms with van der Waals surface area (Å²) in [4.78, 5) is 0. The highest BCUT2D eigenvalue weighted by Gasteiger charge is 2.35. The number of fused-ring (bicyclic) bond motifs is 3. The van der Waals surface area contributed by atoms with E-state index < -0.39 is 0 Å². The third-order valence-electron chi connectivity index (χ3n) is 4.27. The summed E-state index contributed by atoms with van der Waals surface area (Å²) in [5.74, 6) is 0. The van der Waals surface area contributed by atoms with Crippen molar-refractivity contribution < 1.29 is 24.0 Å². The fourth-order valence-electron chi connectivity index (χ4n) is 2.90. The highest BCUT2D eigenvalue weighted by Crippen LogP contribution is 2.45. The van der Waals surface area contributed by atoms with Crippen LogP contribution in [0.4, 0.5) is 5.69 Å². The van der Waals surface area contributed by atoms with Crippen LogP contribution in [-0.4, -0.2) is 14.1 Å². The van der Waals surface area contributed by atoms with E-state index >= 15 is 0 Å². The van der Waals surface area contributed by atoms with Crippen molar-refractivity contribution in [3.05, 3.63) is 47.7 Å². The monoisotopic (exact) mass is 351 g/mol. The number of benzene rings is 2. The average Bonchev–Trinajstić information content (AvgIpc) is 2.51. The lowest BCUT2D eigenvalue weighted by molar-refractivity contribution is -0.00000354. The molecule has 1 nitrogen and oxygen atoms in total. The van der Waals surface area contributed by atoms with E-state index in [1.54, 1.807) is 0 Å². The number of allylic oxidation sites excluding steroid dienone is 2. The van der Waals surface area contributed by atoms with Crippen LogP contribution in [0.3, 0.4) is 0 Å². The first-order valence-electron chi connectivity index (χ1n) is 6.08. The molecule has 2 aromatic carbocycles. The highest BCUT2D eigenvalue weighted by molar-refractivity contribution is 6.01. The zero-order chi connectivity index (χ0) is 12.2. The predicted octanol–water partition coefficient (Wildman–Crippen LogP) is 1.18. The molecule has 94 valence electrons. The lowest BCUT2D eigenvalue weighted by Gasteiger charge is -2.26. The van der Waals surface area contributed by atoms with Gasteiger partial charge in [0.15, 0.2) is 0 Å². The highest BCUT2D eigenvalue weighted by atomic mass is 127. The molecule has 0 radical (unpaired) electrons. The Labute approximate surface area is 126 Å². The first kappa shape index (κ1) is 13.6. The van der Waals surface area contributed by atoms with Crippen molar-refractivity contribution in [2.75, 3.05) is 14.1 Å².